The number of aromatic nitrogens is 2. The molecule has 2 aliphatic heterocycles. The highest BCUT2D eigenvalue weighted by Gasteiger charge is 2.33. The maximum Gasteiger partial charge on any atom is 0.254 e. The Morgan fingerprint density at radius 2 is 2.04 bits per heavy atom. The highest BCUT2D eigenvalue weighted by atomic mass is 16.2. The second kappa shape index (κ2) is 6.32. The van der Waals surface area contributed by atoms with E-state index in [-0.39, 0.29) is 11.9 Å². The average molecular weight is 359 g/mol. The van der Waals surface area contributed by atoms with Crippen molar-refractivity contribution in [3.05, 3.63) is 53.6 Å². The number of anilines is 1. The van der Waals surface area contributed by atoms with Gasteiger partial charge in [0, 0.05) is 35.6 Å². The zero-order valence-electron chi connectivity index (χ0n) is 15.0. The Kier molecular flexibility index (Phi) is 3.79. The lowest BCUT2D eigenvalue weighted by molar-refractivity contribution is 0.0674. The van der Waals surface area contributed by atoms with Crippen LogP contribution < -0.4 is 11.1 Å². The van der Waals surface area contributed by atoms with E-state index in [2.05, 4.69) is 15.3 Å². The number of rotatable bonds is 2. The number of nitrogens with one attached hydrogen (secondary N) is 1. The standard InChI is InChI=1S/C21H21N5O/c22-19-17-5-1-2-6-18(17)24-20(25-19)13-7-8-16-14(10-13)12-26(21(16)27)15-4-3-9-23-11-15/h1-2,5-8,10,15,23H,3-4,9,11-12H2,(H2,22,24,25). The fourth-order valence-corrected chi connectivity index (χ4v) is 4.11. The van der Waals surface area contributed by atoms with Crippen molar-refractivity contribution in [2.45, 2.75) is 25.4 Å². The lowest BCUT2D eigenvalue weighted by Gasteiger charge is -2.31. The SMILES string of the molecule is Nc1nc(-c2ccc3c(c2)CN(C2CCCNC2)C3=O)nc2ccccc12. The molecule has 6 heteroatoms. The van der Waals surface area contributed by atoms with E-state index in [9.17, 15) is 4.79 Å². The van der Waals surface area contributed by atoms with Crippen LogP contribution >= 0.6 is 0 Å². The van der Waals surface area contributed by atoms with Gasteiger partial charge in [0.25, 0.3) is 5.91 Å². The number of hydrogen-bond donors (Lipinski definition) is 2. The van der Waals surface area contributed by atoms with Gasteiger partial charge in [0.1, 0.15) is 5.82 Å². The van der Waals surface area contributed by atoms with E-state index < -0.39 is 0 Å². The number of hydrogen-bond acceptors (Lipinski definition) is 5. The minimum atomic E-state index is 0.129. The van der Waals surface area contributed by atoms with Gasteiger partial charge in [-0.2, -0.15) is 0 Å². The molecule has 1 aromatic heterocycles. The number of benzene rings is 2. The fourth-order valence-electron chi connectivity index (χ4n) is 4.11. The van der Waals surface area contributed by atoms with Crippen LogP contribution in [-0.4, -0.2) is 39.9 Å². The third kappa shape index (κ3) is 2.73. The molecular weight excluding hydrogens is 338 g/mol. The van der Waals surface area contributed by atoms with Crippen LogP contribution in [0.4, 0.5) is 5.82 Å². The summed E-state index contributed by atoms with van der Waals surface area (Å²) in [6.07, 6.45) is 2.17. The first-order valence-electron chi connectivity index (χ1n) is 9.38. The van der Waals surface area contributed by atoms with Crippen molar-refractivity contribution < 1.29 is 4.79 Å². The predicted octanol–water partition coefficient (Wildman–Crippen LogP) is 2.59. The monoisotopic (exact) mass is 359 g/mol. The molecule has 1 fully saturated rings. The van der Waals surface area contributed by atoms with Gasteiger partial charge in [-0.3, -0.25) is 4.79 Å². The van der Waals surface area contributed by atoms with Crippen LogP contribution in [0.25, 0.3) is 22.3 Å². The van der Waals surface area contributed by atoms with Crippen LogP contribution in [0.1, 0.15) is 28.8 Å². The zero-order valence-corrected chi connectivity index (χ0v) is 15.0. The number of fused-ring (bicyclic) bond motifs is 2. The van der Waals surface area contributed by atoms with E-state index in [0.29, 0.717) is 18.2 Å². The van der Waals surface area contributed by atoms with Gasteiger partial charge < -0.3 is 16.0 Å². The average Bonchev–Trinajstić information content (AvgIpc) is 3.05. The second-order valence-corrected chi connectivity index (χ2v) is 7.25. The van der Waals surface area contributed by atoms with Gasteiger partial charge in [0.05, 0.1) is 5.52 Å². The van der Waals surface area contributed by atoms with E-state index in [4.69, 9.17) is 5.73 Å². The number of nitrogens with two attached hydrogens (primary N) is 1. The summed E-state index contributed by atoms with van der Waals surface area (Å²) in [7, 11) is 0. The third-order valence-corrected chi connectivity index (χ3v) is 5.54. The summed E-state index contributed by atoms with van der Waals surface area (Å²) >= 11 is 0. The van der Waals surface area contributed by atoms with Crippen molar-refractivity contribution in [2.24, 2.45) is 0 Å². The fraction of sp³-hybridized carbons (Fsp3) is 0.286. The Bertz CT molecular complexity index is 1040. The number of carbonyl (C=O) groups is 1. The van der Waals surface area contributed by atoms with Crippen LogP contribution in [0, 0.1) is 0 Å². The summed E-state index contributed by atoms with van der Waals surface area (Å²) in [4.78, 5) is 24.0. The van der Waals surface area contributed by atoms with Gasteiger partial charge in [0.2, 0.25) is 0 Å². The molecule has 3 aromatic rings. The van der Waals surface area contributed by atoms with Gasteiger partial charge in [-0.15, -0.1) is 0 Å². The van der Waals surface area contributed by atoms with Gasteiger partial charge in [0.15, 0.2) is 5.82 Å². The molecule has 2 aliphatic rings. The molecule has 2 aromatic carbocycles. The van der Waals surface area contributed by atoms with Crippen LogP contribution in [0.15, 0.2) is 42.5 Å². The molecule has 1 amide bonds. The minimum absolute atomic E-state index is 0.129. The molecule has 0 bridgehead atoms. The molecule has 1 unspecified atom stereocenters. The second-order valence-electron chi connectivity index (χ2n) is 7.25. The van der Waals surface area contributed by atoms with Crippen LogP contribution in [0.5, 0.6) is 0 Å². The number of nitrogens with zero attached hydrogens (tertiary/aromatic N) is 3. The van der Waals surface area contributed by atoms with Crippen LogP contribution in [0.2, 0.25) is 0 Å². The third-order valence-electron chi connectivity index (χ3n) is 5.54. The molecule has 3 N–H and O–H groups in total. The molecule has 27 heavy (non-hydrogen) atoms. The summed E-state index contributed by atoms with van der Waals surface area (Å²) in [6.45, 7) is 2.56. The molecule has 0 saturated carbocycles. The van der Waals surface area contributed by atoms with Crippen molar-refractivity contribution in [1.82, 2.24) is 20.2 Å². The normalized spacial score (nSPS) is 19.5. The molecule has 1 saturated heterocycles. The van der Waals surface area contributed by atoms with E-state index >= 15 is 0 Å². The Labute approximate surface area is 157 Å². The maximum atomic E-state index is 12.8. The number of carbonyl (C=O) groups excluding carboxylic acids is 1. The van der Waals surface area contributed by atoms with Gasteiger partial charge in [-0.25, -0.2) is 9.97 Å². The first kappa shape index (κ1) is 16.2. The highest BCUT2D eigenvalue weighted by Crippen LogP contribution is 2.31. The lowest BCUT2D eigenvalue weighted by Crippen LogP contribution is -2.46. The van der Waals surface area contributed by atoms with E-state index in [1.165, 1.54) is 0 Å². The van der Waals surface area contributed by atoms with Gasteiger partial charge in [-0.05, 0) is 49.2 Å². The zero-order chi connectivity index (χ0) is 18.4. The smallest absolute Gasteiger partial charge is 0.254 e. The summed E-state index contributed by atoms with van der Waals surface area (Å²) in [5, 5.41) is 4.25. The summed E-state index contributed by atoms with van der Waals surface area (Å²) < 4.78 is 0. The quantitative estimate of drug-likeness (QED) is 0.735. The summed E-state index contributed by atoms with van der Waals surface area (Å²) in [6, 6.07) is 13.9. The van der Waals surface area contributed by atoms with E-state index in [1.807, 2.05) is 47.4 Å². The van der Waals surface area contributed by atoms with Crippen molar-refractivity contribution in [2.75, 3.05) is 18.8 Å². The summed E-state index contributed by atoms with van der Waals surface area (Å²) in [5.74, 6) is 1.20. The predicted molar refractivity (Wildman–Crippen MR) is 105 cm³/mol. The van der Waals surface area contributed by atoms with Crippen molar-refractivity contribution in [1.29, 1.82) is 0 Å². The first-order chi connectivity index (χ1) is 13.2. The Morgan fingerprint density at radius 3 is 2.89 bits per heavy atom. The molecular formula is C21H21N5O. The largest absolute Gasteiger partial charge is 0.383 e. The first-order valence-corrected chi connectivity index (χ1v) is 9.38. The minimum Gasteiger partial charge on any atom is -0.383 e. The molecule has 136 valence electrons. The van der Waals surface area contributed by atoms with Crippen LogP contribution in [-0.2, 0) is 6.54 Å². The maximum absolute atomic E-state index is 12.8. The molecule has 5 rings (SSSR count). The number of amides is 1. The highest BCUT2D eigenvalue weighted by molar-refractivity contribution is 5.99. The van der Waals surface area contributed by atoms with E-state index in [0.717, 1.165) is 53.5 Å². The molecule has 1 atom stereocenters. The molecule has 0 aliphatic carbocycles. The van der Waals surface area contributed by atoms with Crippen molar-refractivity contribution >= 4 is 22.6 Å². The van der Waals surface area contributed by atoms with Gasteiger partial charge in [-0.1, -0.05) is 18.2 Å². The Morgan fingerprint density at radius 1 is 1.15 bits per heavy atom. The van der Waals surface area contributed by atoms with E-state index in [1.54, 1.807) is 0 Å². The summed E-state index contributed by atoms with van der Waals surface area (Å²) in [5.41, 5.74) is 9.68. The van der Waals surface area contributed by atoms with Crippen LogP contribution in [0.3, 0.4) is 0 Å². The number of nitrogen functional groups attached to an aromatic ring is 1. The number of piperidine rings is 1. The van der Waals surface area contributed by atoms with Gasteiger partial charge >= 0.3 is 0 Å². The Hall–Kier alpha value is -2.99. The molecule has 0 spiro atoms. The molecule has 0 radical (unpaired) electrons. The van der Waals surface area contributed by atoms with Crippen molar-refractivity contribution in [3.8, 4) is 11.4 Å². The lowest BCUT2D eigenvalue weighted by atomic mass is 10.1. The number of para-hydroxylation sites is 1. The Balaban J connectivity index is 1.50. The van der Waals surface area contributed by atoms with Crippen molar-refractivity contribution in [3.63, 3.8) is 0 Å². The molecule has 3 heterocycles. The topological polar surface area (TPSA) is 84.1 Å². The molecule has 6 nitrogen and oxygen atoms in total.